The fourth-order valence-corrected chi connectivity index (χ4v) is 3.66. The third kappa shape index (κ3) is 4.27. The Hall–Kier alpha value is -2.88. The van der Waals surface area contributed by atoms with Crippen LogP contribution in [0, 0.1) is 0 Å². The normalized spacial score (nSPS) is 12.7. The number of fused-ring (bicyclic) bond motifs is 2. The minimum atomic E-state index is 0.0692. The number of benzene rings is 2. The number of hydrogen-bond acceptors (Lipinski definition) is 3. The van der Waals surface area contributed by atoms with Gasteiger partial charge in [-0.25, -0.2) is 0 Å². The highest BCUT2D eigenvalue weighted by Gasteiger charge is 2.12. The minimum Gasteiger partial charge on any atom is -0.491 e. The smallest absolute Gasteiger partial charge is 0.224 e. The number of pyridine rings is 1. The van der Waals surface area contributed by atoms with Crippen molar-refractivity contribution in [3.8, 4) is 5.75 Å². The predicted octanol–water partition coefficient (Wildman–Crippen LogP) is 3.85. The van der Waals surface area contributed by atoms with Crippen molar-refractivity contribution in [2.75, 3.05) is 13.2 Å². The molecule has 1 N–H and O–H groups in total. The SMILES string of the molecule is O=C(Cc1ccc2c(c1)CCC2)NCCCOc1cccc2cccnc12. The fourth-order valence-electron chi connectivity index (χ4n) is 3.66. The Bertz CT molecular complexity index is 947. The molecule has 0 fully saturated rings. The Morgan fingerprint density at radius 3 is 2.93 bits per heavy atom. The zero-order valence-electron chi connectivity index (χ0n) is 15.4. The van der Waals surface area contributed by atoms with Gasteiger partial charge in [-0.05, 0) is 54.5 Å². The van der Waals surface area contributed by atoms with Crippen molar-refractivity contribution < 1.29 is 9.53 Å². The summed E-state index contributed by atoms with van der Waals surface area (Å²) < 4.78 is 5.86. The second-order valence-electron chi connectivity index (χ2n) is 7.02. The van der Waals surface area contributed by atoms with Crippen LogP contribution in [0.2, 0.25) is 0 Å². The molecule has 4 rings (SSSR count). The summed E-state index contributed by atoms with van der Waals surface area (Å²) in [6.45, 7) is 1.16. The highest BCUT2D eigenvalue weighted by atomic mass is 16.5. The quantitative estimate of drug-likeness (QED) is 0.651. The lowest BCUT2D eigenvalue weighted by Crippen LogP contribution is -2.27. The van der Waals surface area contributed by atoms with Gasteiger partial charge in [0.2, 0.25) is 5.91 Å². The third-order valence-electron chi connectivity index (χ3n) is 5.02. The molecule has 2 aromatic carbocycles. The molecular formula is C23H24N2O2. The van der Waals surface area contributed by atoms with Gasteiger partial charge in [-0.3, -0.25) is 9.78 Å². The van der Waals surface area contributed by atoms with E-state index in [0.29, 0.717) is 19.6 Å². The average Bonchev–Trinajstić information content (AvgIpc) is 3.15. The zero-order valence-corrected chi connectivity index (χ0v) is 15.4. The number of amides is 1. The molecule has 1 amide bonds. The number of aromatic nitrogens is 1. The van der Waals surface area contributed by atoms with E-state index in [-0.39, 0.29) is 5.91 Å². The van der Waals surface area contributed by atoms with Gasteiger partial charge < -0.3 is 10.1 Å². The molecule has 1 aliphatic rings. The van der Waals surface area contributed by atoms with E-state index >= 15 is 0 Å². The van der Waals surface area contributed by atoms with Crippen LogP contribution in [0.5, 0.6) is 5.75 Å². The summed E-state index contributed by atoms with van der Waals surface area (Å²) in [5, 5.41) is 4.06. The lowest BCUT2D eigenvalue weighted by atomic mass is 10.0. The van der Waals surface area contributed by atoms with Gasteiger partial charge in [-0.15, -0.1) is 0 Å². The number of nitrogens with zero attached hydrogens (tertiary/aromatic N) is 1. The number of rotatable bonds is 7. The number of hydrogen-bond donors (Lipinski definition) is 1. The number of para-hydroxylation sites is 1. The van der Waals surface area contributed by atoms with E-state index in [1.807, 2.05) is 30.3 Å². The molecule has 0 unspecified atom stereocenters. The molecule has 0 radical (unpaired) electrons. The van der Waals surface area contributed by atoms with Crippen molar-refractivity contribution in [3.05, 3.63) is 71.4 Å². The molecule has 1 heterocycles. The van der Waals surface area contributed by atoms with Gasteiger partial charge in [-0.1, -0.05) is 36.4 Å². The van der Waals surface area contributed by atoms with E-state index in [4.69, 9.17) is 4.74 Å². The maximum Gasteiger partial charge on any atom is 0.224 e. The molecule has 1 aromatic heterocycles. The molecule has 0 spiro atoms. The van der Waals surface area contributed by atoms with Crippen LogP contribution in [0.4, 0.5) is 0 Å². The first-order chi connectivity index (χ1) is 13.3. The van der Waals surface area contributed by atoms with Crippen LogP contribution in [0.3, 0.4) is 0 Å². The lowest BCUT2D eigenvalue weighted by molar-refractivity contribution is -0.120. The first-order valence-corrected chi connectivity index (χ1v) is 9.63. The van der Waals surface area contributed by atoms with Crippen LogP contribution in [-0.4, -0.2) is 24.0 Å². The van der Waals surface area contributed by atoms with E-state index in [2.05, 4.69) is 28.5 Å². The summed E-state index contributed by atoms with van der Waals surface area (Å²) in [6.07, 6.45) is 6.53. The molecule has 0 saturated carbocycles. The summed E-state index contributed by atoms with van der Waals surface area (Å²) in [5.74, 6) is 0.859. The maximum atomic E-state index is 12.2. The monoisotopic (exact) mass is 360 g/mol. The predicted molar refractivity (Wildman–Crippen MR) is 107 cm³/mol. The summed E-state index contributed by atoms with van der Waals surface area (Å²) >= 11 is 0. The van der Waals surface area contributed by atoms with E-state index < -0.39 is 0 Å². The van der Waals surface area contributed by atoms with Gasteiger partial charge in [0, 0.05) is 18.1 Å². The highest BCUT2D eigenvalue weighted by molar-refractivity contribution is 5.84. The van der Waals surface area contributed by atoms with Crippen molar-refractivity contribution in [3.63, 3.8) is 0 Å². The molecule has 27 heavy (non-hydrogen) atoms. The number of aryl methyl sites for hydroxylation is 2. The zero-order chi connectivity index (χ0) is 18.5. The summed E-state index contributed by atoms with van der Waals surface area (Å²) in [4.78, 5) is 16.5. The molecule has 0 bridgehead atoms. The molecule has 0 atom stereocenters. The Morgan fingerprint density at radius 1 is 1.07 bits per heavy atom. The molecule has 0 saturated heterocycles. The van der Waals surface area contributed by atoms with Crippen LogP contribution in [0.25, 0.3) is 10.9 Å². The van der Waals surface area contributed by atoms with Crippen molar-refractivity contribution >= 4 is 16.8 Å². The second-order valence-corrected chi connectivity index (χ2v) is 7.02. The third-order valence-corrected chi connectivity index (χ3v) is 5.02. The van der Waals surface area contributed by atoms with Crippen LogP contribution >= 0.6 is 0 Å². The topological polar surface area (TPSA) is 51.2 Å². The Balaban J connectivity index is 1.21. The van der Waals surface area contributed by atoms with Gasteiger partial charge >= 0.3 is 0 Å². The Morgan fingerprint density at radius 2 is 1.96 bits per heavy atom. The first-order valence-electron chi connectivity index (χ1n) is 9.63. The molecular weight excluding hydrogens is 336 g/mol. The Labute approximate surface area is 159 Å². The van der Waals surface area contributed by atoms with E-state index in [1.54, 1.807) is 6.20 Å². The Kier molecular flexibility index (Phi) is 5.33. The van der Waals surface area contributed by atoms with Crippen molar-refractivity contribution in [1.82, 2.24) is 10.3 Å². The first kappa shape index (κ1) is 17.5. The van der Waals surface area contributed by atoms with Crippen molar-refractivity contribution in [1.29, 1.82) is 0 Å². The van der Waals surface area contributed by atoms with Crippen molar-refractivity contribution in [2.45, 2.75) is 32.1 Å². The number of nitrogens with one attached hydrogen (secondary N) is 1. The fraction of sp³-hybridized carbons (Fsp3) is 0.304. The molecule has 4 heteroatoms. The molecule has 3 aromatic rings. The second kappa shape index (κ2) is 8.21. The molecule has 1 aliphatic carbocycles. The summed E-state index contributed by atoms with van der Waals surface area (Å²) in [7, 11) is 0. The molecule has 4 nitrogen and oxygen atoms in total. The van der Waals surface area contributed by atoms with Crippen LogP contribution < -0.4 is 10.1 Å². The highest BCUT2D eigenvalue weighted by Crippen LogP contribution is 2.23. The van der Waals surface area contributed by atoms with E-state index in [0.717, 1.165) is 35.1 Å². The summed E-state index contributed by atoms with van der Waals surface area (Å²) in [5.41, 5.74) is 4.84. The molecule has 138 valence electrons. The number of carbonyl (C=O) groups excluding carboxylic acids is 1. The number of ether oxygens (including phenoxy) is 1. The minimum absolute atomic E-state index is 0.0692. The van der Waals surface area contributed by atoms with Crippen molar-refractivity contribution in [2.24, 2.45) is 0 Å². The van der Waals surface area contributed by atoms with Gasteiger partial charge in [0.1, 0.15) is 11.3 Å². The maximum absolute atomic E-state index is 12.2. The van der Waals surface area contributed by atoms with Gasteiger partial charge in [0.25, 0.3) is 0 Å². The average molecular weight is 360 g/mol. The van der Waals surface area contributed by atoms with E-state index in [9.17, 15) is 4.79 Å². The van der Waals surface area contributed by atoms with Gasteiger partial charge in [-0.2, -0.15) is 0 Å². The molecule has 0 aliphatic heterocycles. The summed E-state index contributed by atoms with van der Waals surface area (Å²) in [6, 6.07) is 16.3. The van der Waals surface area contributed by atoms with Gasteiger partial charge in [0.15, 0.2) is 0 Å². The van der Waals surface area contributed by atoms with Gasteiger partial charge in [0.05, 0.1) is 13.0 Å². The van der Waals surface area contributed by atoms with E-state index in [1.165, 1.54) is 24.0 Å². The van der Waals surface area contributed by atoms with Crippen LogP contribution in [0.15, 0.2) is 54.7 Å². The van der Waals surface area contributed by atoms with Crippen LogP contribution in [0.1, 0.15) is 29.5 Å². The lowest BCUT2D eigenvalue weighted by Gasteiger charge is -2.09. The number of carbonyl (C=O) groups is 1. The van der Waals surface area contributed by atoms with Crippen LogP contribution in [-0.2, 0) is 24.1 Å². The standard InChI is InChI=1S/C23H24N2O2/c26-22(16-17-10-11-18-5-1-7-20(18)15-17)24-13-4-14-27-21-9-2-6-19-8-3-12-25-23(19)21/h2-3,6,8-12,15H,1,4-5,7,13-14,16H2,(H,24,26). The largest absolute Gasteiger partial charge is 0.491 e.